The molecule has 21 heavy (non-hydrogen) atoms. The fourth-order valence-electron chi connectivity index (χ4n) is 3.06. The topological polar surface area (TPSA) is 13.1 Å². The molecule has 0 N–H and O–H groups in total. The molecule has 0 atom stereocenters. The standard InChI is InChI=1S/C19H15ClO/c20-15-9-10-17-16(12-15)19-14(7-4-8-18(19)21-17)11-13-5-2-1-3-6-13/h1-8,12H,9-11H2. The van der Waals surface area contributed by atoms with E-state index in [1.807, 2.05) is 12.1 Å². The SMILES string of the molecule is ClC1=Cc2c(oc3cccc(Cc4ccccc4)c23)CC1. The molecule has 0 unspecified atom stereocenters. The van der Waals surface area contributed by atoms with Gasteiger partial charge in [-0.15, -0.1) is 0 Å². The van der Waals surface area contributed by atoms with Crippen LogP contribution in [0.4, 0.5) is 0 Å². The summed E-state index contributed by atoms with van der Waals surface area (Å²) in [6.07, 6.45) is 4.75. The van der Waals surface area contributed by atoms with Crippen LogP contribution in [0.25, 0.3) is 17.0 Å². The van der Waals surface area contributed by atoms with Gasteiger partial charge in [0, 0.05) is 22.4 Å². The summed E-state index contributed by atoms with van der Waals surface area (Å²) in [4.78, 5) is 0. The third kappa shape index (κ3) is 2.28. The zero-order chi connectivity index (χ0) is 14.2. The lowest BCUT2D eigenvalue weighted by Gasteiger charge is -2.08. The number of benzene rings is 2. The number of allylic oxidation sites excluding steroid dienone is 1. The van der Waals surface area contributed by atoms with Gasteiger partial charge in [-0.25, -0.2) is 0 Å². The molecule has 1 aliphatic carbocycles. The number of halogens is 1. The van der Waals surface area contributed by atoms with E-state index in [1.54, 1.807) is 0 Å². The van der Waals surface area contributed by atoms with E-state index in [-0.39, 0.29) is 0 Å². The van der Waals surface area contributed by atoms with Crippen molar-refractivity contribution in [3.8, 4) is 0 Å². The smallest absolute Gasteiger partial charge is 0.135 e. The third-order valence-corrected chi connectivity index (χ3v) is 4.34. The summed E-state index contributed by atoms with van der Waals surface area (Å²) < 4.78 is 6.01. The average Bonchev–Trinajstić information content (AvgIpc) is 2.87. The zero-order valence-electron chi connectivity index (χ0n) is 11.6. The Morgan fingerprint density at radius 1 is 0.952 bits per heavy atom. The maximum absolute atomic E-state index is 6.23. The highest BCUT2D eigenvalue weighted by molar-refractivity contribution is 6.32. The number of hydrogen-bond acceptors (Lipinski definition) is 1. The van der Waals surface area contributed by atoms with Crippen molar-refractivity contribution < 1.29 is 4.42 Å². The van der Waals surface area contributed by atoms with Gasteiger partial charge < -0.3 is 4.42 Å². The predicted molar refractivity (Wildman–Crippen MR) is 87.6 cm³/mol. The summed E-state index contributed by atoms with van der Waals surface area (Å²) in [6, 6.07) is 16.8. The molecule has 0 amide bonds. The second-order valence-corrected chi connectivity index (χ2v) is 5.97. The third-order valence-electron chi connectivity index (χ3n) is 4.04. The monoisotopic (exact) mass is 294 g/mol. The summed E-state index contributed by atoms with van der Waals surface area (Å²) in [5.74, 6) is 1.06. The molecule has 0 aliphatic heterocycles. The van der Waals surface area contributed by atoms with Gasteiger partial charge in [0.15, 0.2) is 0 Å². The molecular weight excluding hydrogens is 280 g/mol. The molecule has 0 spiro atoms. The first-order valence-electron chi connectivity index (χ1n) is 7.24. The van der Waals surface area contributed by atoms with Crippen LogP contribution in [-0.2, 0) is 12.8 Å². The summed E-state index contributed by atoms with van der Waals surface area (Å²) in [5, 5.41) is 2.13. The molecule has 0 bridgehead atoms. The fourth-order valence-corrected chi connectivity index (χ4v) is 3.26. The Hall–Kier alpha value is -1.99. The van der Waals surface area contributed by atoms with E-state index in [2.05, 4.69) is 42.5 Å². The van der Waals surface area contributed by atoms with Gasteiger partial charge in [0.25, 0.3) is 0 Å². The Balaban J connectivity index is 1.88. The zero-order valence-corrected chi connectivity index (χ0v) is 12.4. The van der Waals surface area contributed by atoms with Gasteiger partial charge in [-0.1, -0.05) is 54.1 Å². The molecule has 3 aromatic rings. The van der Waals surface area contributed by atoms with Crippen LogP contribution in [0.3, 0.4) is 0 Å². The number of fused-ring (bicyclic) bond motifs is 3. The molecule has 0 saturated heterocycles. The van der Waals surface area contributed by atoms with Gasteiger partial charge in [0.1, 0.15) is 11.3 Å². The van der Waals surface area contributed by atoms with Gasteiger partial charge in [0.2, 0.25) is 0 Å². The number of hydrogen-bond donors (Lipinski definition) is 0. The van der Waals surface area contributed by atoms with Crippen LogP contribution in [0.15, 0.2) is 58.0 Å². The Bertz CT molecular complexity index is 827. The van der Waals surface area contributed by atoms with E-state index in [1.165, 1.54) is 22.1 Å². The first kappa shape index (κ1) is 12.7. The second kappa shape index (κ2) is 5.09. The number of furan rings is 1. The molecule has 104 valence electrons. The van der Waals surface area contributed by atoms with Crippen molar-refractivity contribution in [1.29, 1.82) is 0 Å². The lowest BCUT2D eigenvalue weighted by Crippen LogP contribution is -1.94. The quantitative estimate of drug-likeness (QED) is 0.604. The first-order chi connectivity index (χ1) is 10.3. The molecule has 1 nitrogen and oxygen atoms in total. The van der Waals surface area contributed by atoms with Gasteiger partial charge in [-0.2, -0.15) is 0 Å². The Morgan fingerprint density at radius 3 is 2.67 bits per heavy atom. The molecule has 2 aromatic carbocycles. The van der Waals surface area contributed by atoms with Crippen LogP contribution in [0.1, 0.15) is 28.9 Å². The Morgan fingerprint density at radius 2 is 1.81 bits per heavy atom. The van der Waals surface area contributed by atoms with Crippen LogP contribution in [-0.4, -0.2) is 0 Å². The van der Waals surface area contributed by atoms with E-state index >= 15 is 0 Å². The lowest BCUT2D eigenvalue weighted by atomic mass is 9.96. The highest BCUT2D eigenvalue weighted by Gasteiger charge is 2.19. The summed E-state index contributed by atoms with van der Waals surface area (Å²) in [5.41, 5.74) is 4.75. The van der Waals surface area contributed by atoms with Gasteiger partial charge in [-0.05, 0) is 36.1 Å². The average molecular weight is 295 g/mol. The van der Waals surface area contributed by atoms with Crippen molar-refractivity contribution >= 4 is 28.6 Å². The normalized spacial score (nSPS) is 14.0. The van der Waals surface area contributed by atoms with Crippen molar-refractivity contribution in [2.45, 2.75) is 19.3 Å². The van der Waals surface area contributed by atoms with E-state index in [0.29, 0.717) is 0 Å². The highest BCUT2D eigenvalue weighted by atomic mass is 35.5. The summed E-state index contributed by atoms with van der Waals surface area (Å²) in [7, 11) is 0. The van der Waals surface area contributed by atoms with Crippen LogP contribution < -0.4 is 0 Å². The van der Waals surface area contributed by atoms with E-state index in [9.17, 15) is 0 Å². The number of aryl methyl sites for hydroxylation is 1. The van der Waals surface area contributed by atoms with Crippen molar-refractivity contribution in [2.75, 3.05) is 0 Å². The van der Waals surface area contributed by atoms with Crippen molar-refractivity contribution in [3.63, 3.8) is 0 Å². The van der Waals surface area contributed by atoms with E-state index in [0.717, 1.165) is 35.6 Å². The molecular formula is C19H15ClO. The van der Waals surface area contributed by atoms with Gasteiger partial charge >= 0.3 is 0 Å². The van der Waals surface area contributed by atoms with Crippen molar-refractivity contribution in [2.24, 2.45) is 0 Å². The van der Waals surface area contributed by atoms with Crippen LogP contribution >= 0.6 is 11.6 Å². The van der Waals surface area contributed by atoms with Gasteiger partial charge in [0.05, 0.1) is 0 Å². The summed E-state index contributed by atoms with van der Waals surface area (Å²) in [6.45, 7) is 0. The molecule has 0 saturated carbocycles. The fraction of sp³-hybridized carbons (Fsp3) is 0.158. The largest absolute Gasteiger partial charge is 0.460 e. The van der Waals surface area contributed by atoms with E-state index in [4.69, 9.17) is 16.0 Å². The number of rotatable bonds is 2. The van der Waals surface area contributed by atoms with Gasteiger partial charge in [-0.3, -0.25) is 0 Å². The Labute approximate surface area is 128 Å². The molecule has 2 heteroatoms. The second-order valence-electron chi connectivity index (χ2n) is 5.48. The van der Waals surface area contributed by atoms with Crippen molar-refractivity contribution in [3.05, 3.63) is 76.0 Å². The maximum Gasteiger partial charge on any atom is 0.135 e. The maximum atomic E-state index is 6.23. The molecule has 4 rings (SSSR count). The lowest BCUT2D eigenvalue weighted by molar-refractivity contribution is 0.545. The minimum absolute atomic E-state index is 0.877. The van der Waals surface area contributed by atoms with Crippen LogP contribution in [0.2, 0.25) is 0 Å². The minimum atomic E-state index is 0.877. The molecule has 0 fully saturated rings. The highest BCUT2D eigenvalue weighted by Crippen LogP contribution is 2.36. The van der Waals surface area contributed by atoms with Crippen molar-refractivity contribution in [1.82, 2.24) is 0 Å². The van der Waals surface area contributed by atoms with Crippen LogP contribution in [0, 0.1) is 0 Å². The Kier molecular flexibility index (Phi) is 3.08. The molecule has 0 radical (unpaired) electrons. The predicted octanol–water partition coefficient (Wildman–Crippen LogP) is 5.55. The molecule has 1 aliphatic rings. The summed E-state index contributed by atoms with van der Waals surface area (Å²) >= 11 is 6.23. The molecule has 1 aromatic heterocycles. The van der Waals surface area contributed by atoms with Crippen LogP contribution in [0.5, 0.6) is 0 Å². The van der Waals surface area contributed by atoms with E-state index < -0.39 is 0 Å². The minimum Gasteiger partial charge on any atom is -0.460 e. The first-order valence-corrected chi connectivity index (χ1v) is 7.62. The molecule has 1 heterocycles.